The molecule has 116 valence electrons. The Labute approximate surface area is 131 Å². The van der Waals surface area contributed by atoms with Crippen molar-refractivity contribution in [3.05, 3.63) is 23.0 Å². The monoisotopic (exact) mass is 309 g/mol. The smallest absolute Gasteiger partial charge is 0.329 e. The highest BCUT2D eigenvalue weighted by atomic mass is 32.1. The number of Topliss-reactive ketones (excluding diaryl/α,β-unsaturated/α-hetero) is 1. The number of hydrogen-bond donors (Lipinski definition) is 1. The number of ketones is 1. The molecule has 4 nitrogen and oxygen atoms in total. The normalized spacial score (nSPS) is 18.2. The molecule has 0 saturated heterocycles. The Kier molecular flexibility index (Phi) is 4.51. The molecule has 1 aromatic heterocycles. The van der Waals surface area contributed by atoms with Crippen molar-refractivity contribution in [3.63, 3.8) is 0 Å². The third-order valence-electron chi connectivity index (χ3n) is 3.96. The molecule has 0 spiro atoms. The second kappa shape index (κ2) is 5.87. The Balaban J connectivity index is 2.50. The summed E-state index contributed by atoms with van der Waals surface area (Å²) in [7, 11) is 0. The molecular formula is C16H23NO3S. The van der Waals surface area contributed by atoms with Crippen LogP contribution in [0.4, 0.5) is 0 Å². The Morgan fingerprint density at radius 2 is 2.14 bits per heavy atom. The molecule has 1 unspecified atom stereocenters. The second-order valence-electron chi connectivity index (χ2n) is 6.41. The van der Waals surface area contributed by atoms with E-state index >= 15 is 0 Å². The first kappa shape index (κ1) is 16.1. The molecule has 0 amide bonds. The van der Waals surface area contributed by atoms with Gasteiger partial charge >= 0.3 is 5.97 Å². The van der Waals surface area contributed by atoms with Gasteiger partial charge in [-0.3, -0.25) is 4.79 Å². The molecule has 1 aliphatic carbocycles. The molecular weight excluding hydrogens is 286 g/mol. The highest BCUT2D eigenvalue weighted by Crippen LogP contribution is 2.37. The van der Waals surface area contributed by atoms with Gasteiger partial charge in [-0.1, -0.05) is 13.8 Å². The first-order valence-electron chi connectivity index (χ1n) is 7.32. The van der Waals surface area contributed by atoms with Gasteiger partial charge in [-0.25, -0.2) is 4.79 Å². The highest BCUT2D eigenvalue weighted by Gasteiger charge is 2.36. The van der Waals surface area contributed by atoms with Gasteiger partial charge < -0.3 is 9.30 Å². The summed E-state index contributed by atoms with van der Waals surface area (Å²) < 4.78 is 7.09. The van der Waals surface area contributed by atoms with Crippen molar-refractivity contribution in [2.24, 2.45) is 5.41 Å². The third kappa shape index (κ3) is 3.03. The number of hydrogen-bond acceptors (Lipinski definition) is 4. The van der Waals surface area contributed by atoms with Gasteiger partial charge in [-0.15, -0.1) is 0 Å². The summed E-state index contributed by atoms with van der Waals surface area (Å²) in [6, 6.07) is 1.42. The Bertz CT molecular complexity index is 574. The van der Waals surface area contributed by atoms with Crippen molar-refractivity contribution in [2.75, 3.05) is 12.4 Å². The average molecular weight is 309 g/mol. The topological polar surface area (TPSA) is 48.3 Å². The zero-order chi connectivity index (χ0) is 15.8. The van der Waals surface area contributed by atoms with Crippen LogP contribution < -0.4 is 0 Å². The molecule has 0 aliphatic heterocycles. The van der Waals surface area contributed by atoms with E-state index in [4.69, 9.17) is 4.74 Å². The van der Waals surface area contributed by atoms with Gasteiger partial charge in [0.15, 0.2) is 5.78 Å². The van der Waals surface area contributed by atoms with E-state index in [0.717, 1.165) is 23.4 Å². The van der Waals surface area contributed by atoms with E-state index in [1.54, 1.807) is 6.92 Å². The largest absolute Gasteiger partial charge is 0.464 e. The number of esters is 1. The number of aromatic nitrogens is 1. The number of carbonyl (C=O) groups is 2. The molecule has 1 atom stereocenters. The maximum atomic E-state index is 12.3. The maximum absolute atomic E-state index is 12.3. The van der Waals surface area contributed by atoms with E-state index in [9.17, 15) is 9.59 Å². The third-order valence-corrected chi connectivity index (χ3v) is 4.31. The molecule has 0 saturated carbocycles. The van der Waals surface area contributed by atoms with Crippen molar-refractivity contribution in [1.29, 1.82) is 0 Å². The minimum Gasteiger partial charge on any atom is -0.464 e. The maximum Gasteiger partial charge on any atom is 0.329 e. The van der Waals surface area contributed by atoms with Crippen LogP contribution in [0, 0.1) is 12.3 Å². The van der Waals surface area contributed by atoms with Crippen molar-refractivity contribution in [3.8, 4) is 0 Å². The summed E-state index contributed by atoms with van der Waals surface area (Å²) in [5.74, 6) is 0.227. The molecule has 0 N–H and O–H groups in total. The average Bonchev–Trinajstić information content (AvgIpc) is 2.68. The van der Waals surface area contributed by atoms with Crippen LogP contribution >= 0.6 is 12.6 Å². The second-order valence-corrected chi connectivity index (χ2v) is 6.77. The van der Waals surface area contributed by atoms with Gasteiger partial charge in [0.1, 0.15) is 6.04 Å². The minimum absolute atomic E-state index is 0.0809. The van der Waals surface area contributed by atoms with Crippen LogP contribution in [0.3, 0.4) is 0 Å². The van der Waals surface area contributed by atoms with Crippen LogP contribution in [-0.4, -0.2) is 28.7 Å². The lowest BCUT2D eigenvalue weighted by atomic mass is 9.76. The summed E-state index contributed by atoms with van der Waals surface area (Å²) in [5, 5.41) is 0. The van der Waals surface area contributed by atoms with Gasteiger partial charge in [-0.05, 0) is 31.7 Å². The first-order chi connectivity index (χ1) is 9.80. The van der Waals surface area contributed by atoms with E-state index < -0.39 is 6.04 Å². The van der Waals surface area contributed by atoms with Gasteiger partial charge in [0.25, 0.3) is 0 Å². The SMILES string of the molecule is CCOC(=O)C(CS)n1c(C)cc2c1CC(C)(C)CC2=O. The van der Waals surface area contributed by atoms with Crippen molar-refractivity contribution in [1.82, 2.24) is 4.57 Å². The van der Waals surface area contributed by atoms with Gasteiger partial charge in [-0.2, -0.15) is 12.6 Å². The molecule has 0 bridgehead atoms. The van der Waals surface area contributed by atoms with Crippen LogP contribution in [0.2, 0.25) is 0 Å². The predicted molar refractivity (Wildman–Crippen MR) is 85.1 cm³/mol. The zero-order valence-electron chi connectivity index (χ0n) is 13.1. The molecule has 21 heavy (non-hydrogen) atoms. The molecule has 1 aromatic rings. The van der Waals surface area contributed by atoms with Gasteiger partial charge in [0.2, 0.25) is 0 Å². The number of fused-ring (bicyclic) bond motifs is 1. The number of thiol groups is 1. The number of aryl methyl sites for hydroxylation is 1. The van der Waals surface area contributed by atoms with Crippen molar-refractivity contribution >= 4 is 24.4 Å². The van der Waals surface area contributed by atoms with Crippen molar-refractivity contribution < 1.29 is 14.3 Å². The van der Waals surface area contributed by atoms with Crippen LogP contribution in [0.5, 0.6) is 0 Å². The molecule has 0 fully saturated rings. The fourth-order valence-corrected chi connectivity index (χ4v) is 3.42. The molecule has 2 rings (SSSR count). The van der Waals surface area contributed by atoms with E-state index in [2.05, 4.69) is 26.5 Å². The van der Waals surface area contributed by atoms with Crippen LogP contribution in [0.25, 0.3) is 0 Å². The van der Waals surface area contributed by atoms with Gasteiger partial charge in [0.05, 0.1) is 6.61 Å². The first-order valence-corrected chi connectivity index (χ1v) is 7.95. The van der Waals surface area contributed by atoms with E-state index in [-0.39, 0.29) is 17.2 Å². The summed E-state index contributed by atoms with van der Waals surface area (Å²) in [6.45, 7) is 8.23. The Morgan fingerprint density at radius 1 is 1.48 bits per heavy atom. The molecule has 0 aromatic carbocycles. The van der Waals surface area contributed by atoms with Gasteiger partial charge in [0, 0.05) is 29.1 Å². The standard InChI is InChI=1S/C16H23NO3S/c1-5-20-15(19)13(9-21)17-10(2)6-11-12(17)7-16(3,4)8-14(11)18/h6,13,21H,5,7-9H2,1-4H3. The van der Waals surface area contributed by atoms with Crippen LogP contribution in [0.15, 0.2) is 6.07 Å². The number of rotatable bonds is 4. The number of carbonyl (C=O) groups excluding carboxylic acids is 2. The zero-order valence-corrected chi connectivity index (χ0v) is 14.0. The number of ether oxygens (including phenoxy) is 1. The fourth-order valence-electron chi connectivity index (χ4n) is 3.11. The van der Waals surface area contributed by atoms with Crippen molar-refractivity contribution in [2.45, 2.75) is 46.6 Å². The Hall–Kier alpha value is -1.23. The molecule has 0 radical (unpaired) electrons. The summed E-state index contributed by atoms with van der Waals surface area (Å²) >= 11 is 4.31. The predicted octanol–water partition coefficient (Wildman–Crippen LogP) is 2.99. The molecule has 1 heterocycles. The number of nitrogens with zero attached hydrogens (tertiary/aromatic N) is 1. The minimum atomic E-state index is -0.473. The summed E-state index contributed by atoms with van der Waals surface area (Å²) in [4.78, 5) is 24.5. The fraction of sp³-hybridized carbons (Fsp3) is 0.625. The molecule has 5 heteroatoms. The quantitative estimate of drug-likeness (QED) is 0.687. The lowest BCUT2D eigenvalue weighted by Gasteiger charge is -2.31. The Morgan fingerprint density at radius 3 is 2.71 bits per heavy atom. The summed E-state index contributed by atoms with van der Waals surface area (Å²) in [5.41, 5.74) is 2.53. The summed E-state index contributed by atoms with van der Waals surface area (Å²) in [6.07, 6.45) is 1.33. The highest BCUT2D eigenvalue weighted by molar-refractivity contribution is 7.80. The van der Waals surface area contributed by atoms with Crippen LogP contribution in [0.1, 0.15) is 55.0 Å². The molecule has 1 aliphatic rings. The van der Waals surface area contributed by atoms with E-state index in [0.29, 0.717) is 18.8 Å². The lowest BCUT2D eigenvalue weighted by Crippen LogP contribution is -2.31. The van der Waals surface area contributed by atoms with Crippen LogP contribution in [-0.2, 0) is 16.0 Å². The van der Waals surface area contributed by atoms with E-state index in [1.807, 2.05) is 17.6 Å². The lowest BCUT2D eigenvalue weighted by molar-refractivity contribution is -0.146. The van der Waals surface area contributed by atoms with E-state index in [1.165, 1.54) is 0 Å².